The minimum Gasteiger partial charge on any atom is -0.598 e. The zero-order chi connectivity index (χ0) is 15.8. The molecule has 1 heterocycles. The third-order valence-corrected chi connectivity index (χ3v) is 5.13. The highest BCUT2D eigenvalue weighted by molar-refractivity contribution is 7.90. The lowest BCUT2D eigenvalue weighted by Crippen LogP contribution is -2.44. The quantitative estimate of drug-likeness (QED) is 0.837. The van der Waals surface area contributed by atoms with Crippen molar-refractivity contribution in [2.75, 3.05) is 18.5 Å². The third-order valence-electron chi connectivity index (χ3n) is 3.37. The number of aliphatic hydroxyl groups is 1. The zero-order valence-corrected chi connectivity index (χ0v) is 14.3. The van der Waals surface area contributed by atoms with Gasteiger partial charge in [0.25, 0.3) is 0 Å². The van der Waals surface area contributed by atoms with Gasteiger partial charge in [-0.1, -0.05) is 11.6 Å². The topological polar surface area (TPSA) is 58.6 Å². The van der Waals surface area contributed by atoms with E-state index in [0.717, 1.165) is 16.8 Å². The second-order valence-corrected chi connectivity index (χ2v) is 8.60. The molecule has 1 aliphatic rings. The lowest BCUT2D eigenvalue weighted by Gasteiger charge is -2.33. The summed E-state index contributed by atoms with van der Waals surface area (Å²) >= 11 is 4.85. The van der Waals surface area contributed by atoms with E-state index in [4.69, 9.17) is 11.6 Å². The molecule has 2 rings (SSSR count). The zero-order valence-electron chi connectivity index (χ0n) is 12.7. The molecule has 0 spiro atoms. The summed E-state index contributed by atoms with van der Waals surface area (Å²) in [4.78, 5) is 1.78. The summed E-state index contributed by atoms with van der Waals surface area (Å²) in [5.41, 5.74) is 2.64. The maximum Gasteiger partial charge on any atom is 0.150 e. The summed E-state index contributed by atoms with van der Waals surface area (Å²) in [6.07, 6.45) is 1.17. The predicted molar refractivity (Wildman–Crippen MR) is 89.7 cm³/mol. The molecule has 0 saturated heterocycles. The first-order valence-electron chi connectivity index (χ1n) is 6.76. The van der Waals surface area contributed by atoms with Crippen LogP contribution in [0.15, 0.2) is 23.8 Å². The van der Waals surface area contributed by atoms with Gasteiger partial charge in [-0.15, -0.1) is 4.72 Å². The van der Waals surface area contributed by atoms with Crippen molar-refractivity contribution >= 4 is 34.7 Å². The summed E-state index contributed by atoms with van der Waals surface area (Å²) in [7, 11) is 1.82. The van der Waals surface area contributed by atoms with Crippen LogP contribution in [0, 0.1) is 0 Å². The number of nitrogens with zero attached hydrogens (tertiary/aromatic N) is 1. The molecule has 4 nitrogen and oxygen atoms in total. The summed E-state index contributed by atoms with van der Waals surface area (Å²) in [6.45, 7) is 6.08. The first-order chi connectivity index (χ1) is 9.70. The molecular formula is C15H21ClN2O2S. The first kappa shape index (κ1) is 16.6. The van der Waals surface area contributed by atoms with Gasteiger partial charge in [0.1, 0.15) is 4.75 Å². The molecule has 116 valence electrons. The smallest absolute Gasteiger partial charge is 0.150 e. The third kappa shape index (κ3) is 3.73. The van der Waals surface area contributed by atoms with Crippen LogP contribution in [-0.4, -0.2) is 34.2 Å². The molecule has 0 radical (unpaired) electrons. The Balaban J connectivity index is 2.20. The molecule has 21 heavy (non-hydrogen) atoms. The number of likely N-dealkylation sites (N-methyl/N-ethyl adjacent to an activating group) is 1. The van der Waals surface area contributed by atoms with Gasteiger partial charge in [0.15, 0.2) is 6.23 Å². The van der Waals surface area contributed by atoms with Crippen LogP contribution in [0.5, 0.6) is 0 Å². The highest BCUT2D eigenvalue weighted by atomic mass is 35.5. The van der Waals surface area contributed by atoms with Gasteiger partial charge in [-0.2, -0.15) is 0 Å². The number of benzene rings is 1. The normalized spacial score (nSPS) is 20.0. The molecule has 0 bridgehead atoms. The Morgan fingerprint density at radius 3 is 2.71 bits per heavy atom. The van der Waals surface area contributed by atoms with Gasteiger partial charge in [-0.05, 0) is 56.2 Å². The SMILES string of the molecule is CN1c2ccc(Cl)cc2C=C(CN[S+]([O-])C(C)(C)C)C1O. The Hall–Kier alpha value is -0.720. The molecule has 0 aromatic heterocycles. The molecule has 0 amide bonds. The van der Waals surface area contributed by atoms with Crippen molar-refractivity contribution in [2.24, 2.45) is 0 Å². The van der Waals surface area contributed by atoms with Crippen LogP contribution in [-0.2, 0) is 11.4 Å². The van der Waals surface area contributed by atoms with E-state index in [0.29, 0.717) is 11.6 Å². The number of hydrogen-bond acceptors (Lipinski definition) is 4. The van der Waals surface area contributed by atoms with Gasteiger partial charge in [0.2, 0.25) is 0 Å². The van der Waals surface area contributed by atoms with E-state index in [1.807, 2.05) is 46.0 Å². The van der Waals surface area contributed by atoms with E-state index >= 15 is 0 Å². The van der Waals surface area contributed by atoms with Gasteiger partial charge in [-0.25, -0.2) is 0 Å². The molecular weight excluding hydrogens is 308 g/mol. The van der Waals surface area contributed by atoms with Gasteiger partial charge in [0.05, 0.1) is 6.54 Å². The van der Waals surface area contributed by atoms with E-state index in [2.05, 4.69) is 4.72 Å². The second-order valence-electron chi connectivity index (χ2n) is 6.11. The number of hydrogen-bond donors (Lipinski definition) is 2. The Kier molecular flexibility index (Phi) is 4.90. The average Bonchev–Trinajstić information content (AvgIpc) is 2.39. The van der Waals surface area contributed by atoms with Crippen molar-refractivity contribution in [3.05, 3.63) is 34.4 Å². The molecule has 1 aromatic carbocycles. The standard InChI is InChI=1S/C15H21ClN2O2S/c1-15(2,3)21(20)17-9-11-7-10-8-12(16)5-6-13(10)18(4)14(11)19/h5-8,14,17,19H,9H2,1-4H3. The number of halogens is 1. The molecule has 2 atom stereocenters. The second kappa shape index (κ2) is 6.18. The summed E-state index contributed by atoms with van der Waals surface area (Å²) in [5.74, 6) is 0. The summed E-state index contributed by atoms with van der Waals surface area (Å²) in [5, 5.41) is 11.0. The number of nitrogens with one attached hydrogen (secondary N) is 1. The molecule has 6 heteroatoms. The Bertz CT molecular complexity index is 557. The van der Waals surface area contributed by atoms with Gasteiger partial charge in [0, 0.05) is 29.1 Å². The van der Waals surface area contributed by atoms with Gasteiger partial charge in [-0.3, -0.25) is 0 Å². The van der Waals surface area contributed by atoms with Crippen molar-refractivity contribution in [3.63, 3.8) is 0 Å². The molecule has 2 unspecified atom stereocenters. The van der Waals surface area contributed by atoms with Crippen molar-refractivity contribution in [2.45, 2.75) is 31.7 Å². The fourth-order valence-corrected chi connectivity index (χ4v) is 3.04. The van der Waals surface area contributed by atoms with E-state index in [9.17, 15) is 9.66 Å². The molecule has 2 N–H and O–H groups in total. The number of rotatable bonds is 3. The first-order valence-corrected chi connectivity index (χ1v) is 8.29. The van der Waals surface area contributed by atoms with E-state index in [1.165, 1.54) is 0 Å². The Morgan fingerprint density at radius 2 is 2.10 bits per heavy atom. The Labute approximate surface area is 134 Å². The molecule has 0 fully saturated rings. The predicted octanol–water partition coefficient (Wildman–Crippen LogP) is 2.54. The van der Waals surface area contributed by atoms with Crippen molar-refractivity contribution in [1.29, 1.82) is 0 Å². The Morgan fingerprint density at radius 1 is 1.43 bits per heavy atom. The molecule has 0 saturated carbocycles. The minimum atomic E-state index is -1.17. The van der Waals surface area contributed by atoms with Crippen LogP contribution in [0.25, 0.3) is 6.08 Å². The van der Waals surface area contributed by atoms with Crippen molar-refractivity contribution in [1.82, 2.24) is 4.72 Å². The largest absolute Gasteiger partial charge is 0.598 e. The fraction of sp³-hybridized carbons (Fsp3) is 0.467. The van der Waals surface area contributed by atoms with Crippen LogP contribution >= 0.6 is 11.6 Å². The van der Waals surface area contributed by atoms with E-state index in [-0.39, 0.29) is 4.75 Å². The lowest BCUT2D eigenvalue weighted by molar-refractivity contribution is 0.208. The molecule has 0 aliphatic carbocycles. The number of fused-ring (bicyclic) bond motifs is 1. The summed E-state index contributed by atoms with van der Waals surface area (Å²) < 4.78 is 14.7. The van der Waals surface area contributed by atoms with Crippen LogP contribution in [0.3, 0.4) is 0 Å². The lowest BCUT2D eigenvalue weighted by atomic mass is 10.0. The summed E-state index contributed by atoms with van der Waals surface area (Å²) in [6, 6.07) is 5.55. The minimum absolute atomic E-state index is 0.340. The van der Waals surface area contributed by atoms with Crippen LogP contribution in [0.1, 0.15) is 26.3 Å². The van der Waals surface area contributed by atoms with Crippen LogP contribution in [0.2, 0.25) is 5.02 Å². The number of aliphatic hydroxyl groups excluding tert-OH is 1. The maximum absolute atomic E-state index is 12.1. The highest BCUT2D eigenvalue weighted by Gasteiger charge is 2.29. The van der Waals surface area contributed by atoms with E-state index < -0.39 is 17.6 Å². The number of anilines is 1. The maximum atomic E-state index is 12.1. The van der Waals surface area contributed by atoms with Gasteiger partial charge >= 0.3 is 0 Å². The molecule has 1 aliphatic heterocycles. The highest BCUT2D eigenvalue weighted by Crippen LogP contribution is 2.32. The van der Waals surface area contributed by atoms with Crippen LogP contribution in [0.4, 0.5) is 5.69 Å². The fourth-order valence-electron chi connectivity index (χ4n) is 2.12. The van der Waals surface area contributed by atoms with Crippen molar-refractivity contribution < 1.29 is 9.66 Å². The monoisotopic (exact) mass is 328 g/mol. The van der Waals surface area contributed by atoms with Crippen molar-refractivity contribution in [3.8, 4) is 0 Å². The average molecular weight is 329 g/mol. The molecule has 1 aromatic rings. The van der Waals surface area contributed by atoms with E-state index in [1.54, 1.807) is 11.0 Å². The van der Waals surface area contributed by atoms with Crippen LogP contribution < -0.4 is 9.62 Å². The van der Waals surface area contributed by atoms with Gasteiger partial charge < -0.3 is 14.6 Å².